The number of carboxylic acids is 2. The van der Waals surface area contributed by atoms with Crippen LogP contribution in [-0.2, 0) is 16.0 Å². The van der Waals surface area contributed by atoms with E-state index < -0.39 is 24.0 Å². The van der Waals surface area contributed by atoms with Crippen LogP contribution in [0.25, 0.3) is 0 Å². The summed E-state index contributed by atoms with van der Waals surface area (Å²) in [5.41, 5.74) is 0.755. The van der Waals surface area contributed by atoms with Crippen molar-refractivity contribution in [2.24, 2.45) is 5.92 Å². The van der Waals surface area contributed by atoms with E-state index in [-0.39, 0.29) is 12.3 Å². The highest BCUT2D eigenvalue weighted by Gasteiger charge is 2.26. The Balaban J connectivity index is 2.83. The van der Waals surface area contributed by atoms with Gasteiger partial charge in [0.2, 0.25) is 0 Å². The van der Waals surface area contributed by atoms with Crippen molar-refractivity contribution in [1.82, 2.24) is 5.32 Å². The topological polar surface area (TPSA) is 95.9 Å². The molecule has 1 rings (SSSR count). The largest absolute Gasteiger partial charge is 0.490 e. The van der Waals surface area contributed by atoms with Crippen LogP contribution in [0.15, 0.2) is 36.9 Å². The van der Waals surface area contributed by atoms with Crippen molar-refractivity contribution in [3.05, 3.63) is 42.5 Å². The zero-order valence-corrected chi connectivity index (χ0v) is 14.1. The second-order valence-corrected chi connectivity index (χ2v) is 6.03. The Morgan fingerprint density at radius 3 is 2.46 bits per heavy atom. The maximum absolute atomic E-state index is 11.5. The average molecular weight is 335 g/mol. The van der Waals surface area contributed by atoms with Gasteiger partial charge in [0.1, 0.15) is 24.4 Å². The fraction of sp³-hybridized carbons (Fsp3) is 0.444. The van der Waals surface area contributed by atoms with Crippen molar-refractivity contribution in [1.29, 1.82) is 0 Å². The minimum Gasteiger partial charge on any atom is -0.490 e. The maximum Gasteiger partial charge on any atom is 0.321 e. The van der Waals surface area contributed by atoms with Gasteiger partial charge in [0.25, 0.3) is 0 Å². The van der Waals surface area contributed by atoms with Crippen LogP contribution in [-0.4, -0.2) is 40.8 Å². The van der Waals surface area contributed by atoms with Crippen molar-refractivity contribution in [3.63, 3.8) is 0 Å². The molecule has 0 fully saturated rings. The predicted octanol–water partition coefficient (Wildman–Crippen LogP) is 2.34. The zero-order chi connectivity index (χ0) is 18.1. The molecular formula is C18H25NO5. The summed E-state index contributed by atoms with van der Waals surface area (Å²) in [6.45, 7) is 7.73. The minimum atomic E-state index is -1.08. The van der Waals surface area contributed by atoms with E-state index in [0.717, 1.165) is 5.56 Å². The third-order valence-corrected chi connectivity index (χ3v) is 3.41. The number of ether oxygens (including phenoxy) is 1. The number of carbonyl (C=O) groups is 2. The Kier molecular flexibility index (Phi) is 7.98. The summed E-state index contributed by atoms with van der Waals surface area (Å²) in [5.74, 6) is -1.36. The first-order chi connectivity index (χ1) is 11.3. The SMILES string of the molecule is C=CCOc1cccc(C[C@H](N[C@@H](CC(C)C)C(=O)O)C(=O)O)c1. The molecule has 1 aromatic carbocycles. The molecule has 24 heavy (non-hydrogen) atoms. The Morgan fingerprint density at radius 2 is 1.92 bits per heavy atom. The van der Waals surface area contributed by atoms with Gasteiger partial charge in [0.05, 0.1) is 0 Å². The quantitative estimate of drug-likeness (QED) is 0.537. The zero-order valence-electron chi connectivity index (χ0n) is 14.1. The highest BCUT2D eigenvalue weighted by atomic mass is 16.5. The van der Waals surface area contributed by atoms with E-state index in [9.17, 15) is 19.8 Å². The first-order valence-electron chi connectivity index (χ1n) is 7.87. The molecular weight excluding hydrogens is 310 g/mol. The van der Waals surface area contributed by atoms with Crippen LogP contribution in [0.1, 0.15) is 25.8 Å². The fourth-order valence-electron chi connectivity index (χ4n) is 2.33. The third-order valence-electron chi connectivity index (χ3n) is 3.41. The summed E-state index contributed by atoms with van der Waals surface area (Å²) < 4.78 is 5.43. The van der Waals surface area contributed by atoms with Gasteiger partial charge in [-0.15, -0.1) is 0 Å². The monoisotopic (exact) mass is 335 g/mol. The van der Waals surface area contributed by atoms with Crippen molar-refractivity contribution in [2.75, 3.05) is 6.61 Å². The van der Waals surface area contributed by atoms with Gasteiger partial charge in [-0.3, -0.25) is 14.9 Å². The molecule has 1 aromatic rings. The van der Waals surface area contributed by atoms with E-state index in [1.807, 2.05) is 13.8 Å². The molecule has 2 atom stereocenters. The van der Waals surface area contributed by atoms with E-state index in [2.05, 4.69) is 11.9 Å². The standard InChI is InChI=1S/C18H25NO5/c1-4-8-24-14-7-5-6-13(10-14)11-16(18(22)23)19-15(17(20)21)9-12(2)3/h4-7,10,12,15-16,19H,1,8-9,11H2,2-3H3,(H,20,21)(H,22,23)/t15-,16-/m0/s1. The highest BCUT2D eigenvalue weighted by Crippen LogP contribution is 2.16. The third kappa shape index (κ3) is 6.83. The van der Waals surface area contributed by atoms with E-state index >= 15 is 0 Å². The van der Waals surface area contributed by atoms with Gasteiger partial charge >= 0.3 is 11.9 Å². The summed E-state index contributed by atoms with van der Waals surface area (Å²) >= 11 is 0. The van der Waals surface area contributed by atoms with Crippen LogP contribution < -0.4 is 10.1 Å². The number of nitrogens with one attached hydrogen (secondary N) is 1. The molecule has 132 valence electrons. The van der Waals surface area contributed by atoms with Gasteiger partial charge in [-0.05, 0) is 36.5 Å². The molecule has 0 spiro atoms. The van der Waals surface area contributed by atoms with E-state index in [0.29, 0.717) is 18.8 Å². The summed E-state index contributed by atoms with van der Waals surface area (Å²) in [6, 6.07) is 5.20. The highest BCUT2D eigenvalue weighted by molar-refractivity contribution is 5.77. The number of rotatable bonds is 11. The molecule has 0 saturated heterocycles. The van der Waals surface area contributed by atoms with Crippen LogP contribution >= 0.6 is 0 Å². The number of hydrogen-bond acceptors (Lipinski definition) is 4. The summed E-state index contributed by atoms with van der Waals surface area (Å²) in [5, 5.41) is 21.4. The molecule has 0 aliphatic rings. The van der Waals surface area contributed by atoms with Crippen LogP contribution in [0.5, 0.6) is 5.75 Å². The summed E-state index contributed by atoms with van der Waals surface area (Å²) in [7, 11) is 0. The minimum absolute atomic E-state index is 0.142. The first-order valence-corrected chi connectivity index (χ1v) is 7.87. The molecule has 0 bridgehead atoms. The van der Waals surface area contributed by atoms with Crippen molar-refractivity contribution < 1.29 is 24.5 Å². The summed E-state index contributed by atoms with van der Waals surface area (Å²) in [6.07, 6.45) is 2.15. The smallest absolute Gasteiger partial charge is 0.321 e. The van der Waals surface area contributed by atoms with E-state index in [4.69, 9.17) is 4.74 Å². The van der Waals surface area contributed by atoms with Gasteiger partial charge in [-0.2, -0.15) is 0 Å². The molecule has 0 unspecified atom stereocenters. The van der Waals surface area contributed by atoms with Crippen molar-refractivity contribution >= 4 is 11.9 Å². The van der Waals surface area contributed by atoms with Crippen LogP contribution in [0.3, 0.4) is 0 Å². The number of carboxylic acid groups (broad SMARTS) is 2. The molecule has 0 amide bonds. The second-order valence-electron chi connectivity index (χ2n) is 6.03. The molecule has 0 aliphatic heterocycles. The number of benzene rings is 1. The van der Waals surface area contributed by atoms with Gasteiger partial charge in [-0.25, -0.2) is 0 Å². The van der Waals surface area contributed by atoms with Crippen LogP contribution in [0.2, 0.25) is 0 Å². The van der Waals surface area contributed by atoms with Gasteiger partial charge in [0, 0.05) is 0 Å². The van der Waals surface area contributed by atoms with Crippen molar-refractivity contribution in [3.8, 4) is 5.75 Å². The first kappa shape index (κ1) is 19.7. The lowest BCUT2D eigenvalue weighted by atomic mass is 10.0. The Morgan fingerprint density at radius 1 is 1.25 bits per heavy atom. The average Bonchev–Trinajstić information content (AvgIpc) is 2.51. The Hall–Kier alpha value is -2.34. The van der Waals surface area contributed by atoms with Crippen LogP contribution in [0.4, 0.5) is 0 Å². The molecule has 0 aliphatic carbocycles. The van der Waals surface area contributed by atoms with E-state index in [1.54, 1.807) is 30.3 Å². The molecule has 3 N–H and O–H groups in total. The fourth-order valence-corrected chi connectivity index (χ4v) is 2.33. The lowest BCUT2D eigenvalue weighted by molar-refractivity contribution is -0.142. The molecule has 6 nitrogen and oxygen atoms in total. The maximum atomic E-state index is 11.5. The lowest BCUT2D eigenvalue weighted by Crippen LogP contribution is -2.48. The lowest BCUT2D eigenvalue weighted by Gasteiger charge is -2.22. The predicted molar refractivity (Wildman–Crippen MR) is 91.3 cm³/mol. The van der Waals surface area contributed by atoms with E-state index in [1.165, 1.54) is 0 Å². The Labute approximate surface area is 142 Å². The second kappa shape index (κ2) is 9.72. The number of aliphatic carboxylic acids is 2. The molecule has 0 heterocycles. The molecule has 6 heteroatoms. The van der Waals surface area contributed by atoms with Gasteiger partial charge in [-0.1, -0.05) is 38.6 Å². The molecule has 0 saturated carbocycles. The van der Waals surface area contributed by atoms with Gasteiger partial charge < -0.3 is 14.9 Å². The van der Waals surface area contributed by atoms with Crippen molar-refractivity contribution in [2.45, 2.75) is 38.8 Å². The molecule has 0 aromatic heterocycles. The molecule has 0 radical (unpaired) electrons. The Bertz CT molecular complexity index is 570. The van der Waals surface area contributed by atoms with Crippen LogP contribution in [0, 0.1) is 5.92 Å². The normalized spacial score (nSPS) is 13.3. The van der Waals surface area contributed by atoms with Gasteiger partial charge in [0.15, 0.2) is 0 Å². The summed E-state index contributed by atoms with van der Waals surface area (Å²) in [4.78, 5) is 22.8. The number of hydrogen-bond donors (Lipinski definition) is 3.